The lowest BCUT2D eigenvalue weighted by molar-refractivity contribution is -0.0133. The van der Waals surface area contributed by atoms with Crippen LogP contribution in [0.2, 0.25) is 0 Å². The van der Waals surface area contributed by atoms with Crippen LogP contribution < -0.4 is 10.1 Å². The van der Waals surface area contributed by atoms with E-state index in [1.165, 1.54) is 0 Å². The van der Waals surface area contributed by atoms with E-state index in [1.807, 2.05) is 13.8 Å². The highest BCUT2D eigenvalue weighted by Gasteiger charge is 2.27. The molecule has 1 N–H and O–H groups in total. The molecule has 7 heteroatoms. The molecule has 0 aromatic carbocycles. The second-order valence-corrected chi connectivity index (χ2v) is 5.35. The molecule has 0 bridgehead atoms. The second-order valence-electron chi connectivity index (χ2n) is 5.35. The number of urea groups is 1. The van der Waals surface area contributed by atoms with Crippen LogP contribution in [0.1, 0.15) is 13.8 Å². The number of carbonyl (C=O) groups is 1. The fourth-order valence-electron chi connectivity index (χ4n) is 2.27. The van der Waals surface area contributed by atoms with Crippen LogP contribution in [-0.4, -0.2) is 61.5 Å². The zero-order valence-electron chi connectivity index (χ0n) is 13.2. The largest absolute Gasteiger partial charge is 0.487 e. The van der Waals surface area contributed by atoms with E-state index in [0.29, 0.717) is 37.8 Å². The predicted octanol–water partition coefficient (Wildman–Crippen LogP) is 1.75. The number of anilines is 1. The average molecular weight is 309 g/mol. The first kappa shape index (κ1) is 16.5. The van der Waals surface area contributed by atoms with Crippen molar-refractivity contribution in [2.24, 2.45) is 0 Å². The number of methoxy groups -OCH3 is 1. The molecule has 1 aromatic heterocycles. The number of carbonyl (C=O) groups excluding carboxylic acids is 1. The Hall–Kier alpha value is -1.86. The van der Waals surface area contributed by atoms with Crippen molar-refractivity contribution in [3.63, 3.8) is 0 Å². The third kappa shape index (κ3) is 4.32. The van der Waals surface area contributed by atoms with Crippen molar-refractivity contribution < 1.29 is 19.0 Å². The van der Waals surface area contributed by atoms with Crippen LogP contribution in [0.25, 0.3) is 0 Å². The molecule has 1 saturated heterocycles. The standard InChI is InChI=1S/C15H23N3O4/c1-11(2)22-14-8-16-5-4-13(14)17-15(19)18-6-7-21-10-12(18)9-20-3/h4-5,8,11-12H,6-7,9-10H2,1-3H3,(H,16,17,19). The molecule has 0 aliphatic carbocycles. The number of amides is 2. The molecule has 1 aliphatic heterocycles. The highest BCUT2D eigenvalue weighted by atomic mass is 16.5. The number of pyridine rings is 1. The Morgan fingerprint density at radius 1 is 1.59 bits per heavy atom. The van der Waals surface area contributed by atoms with E-state index in [-0.39, 0.29) is 18.2 Å². The summed E-state index contributed by atoms with van der Waals surface area (Å²) in [5.74, 6) is 0.558. The molecule has 0 radical (unpaired) electrons. The monoisotopic (exact) mass is 309 g/mol. The van der Waals surface area contributed by atoms with Gasteiger partial charge in [0.1, 0.15) is 0 Å². The first-order valence-corrected chi connectivity index (χ1v) is 7.36. The number of rotatable bonds is 5. The Morgan fingerprint density at radius 3 is 3.14 bits per heavy atom. The van der Waals surface area contributed by atoms with Crippen molar-refractivity contribution in [3.8, 4) is 5.75 Å². The molecule has 1 fully saturated rings. The number of nitrogens with zero attached hydrogens (tertiary/aromatic N) is 2. The molecule has 2 heterocycles. The van der Waals surface area contributed by atoms with Gasteiger partial charge in [-0.15, -0.1) is 0 Å². The lowest BCUT2D eigenvalue weighted by atomic mass is 10.2. The van der Waals surface area contributed by atoms with Crippen molar-refractivity contribution in [2.75, 3.05) is 38.8 Å². The zero-order valence-corrected chi connectivity index (χ0v) is 13.2. The minimum absolute atomic E-state index is 0.00415. The number of ether oxygens (including phenoxy) is 3. The van der Waals surface area contributed by atoms with E-state index in [1.54, 1.807) is 30.5 Å². The summed E-state index contributed by atoms with van der Waals surface area (Å²) in [6, 6.07) is 1.45. The van der Waals surface area contributed by atoms with Crippen LogP contribution in [0, 0.1) is 0 Å². The summed E-state index contributed by atoms with van der Waals surface area (Å²) >= 11 is 0. The summed E-state index contributed by atoms with van der Waals surface area (Å²) in [7, 11) is 1.61. The topological polar surface area (TPSA) is 72.9 Å². The fourth-order valence-corrected chi connectivity index (χ4v) is 2.27. The van der Waals surface area contributed by atoms with Gasteiger partial charge in [0, 0.05) is 19.9 Å². The van der Waals surface area contributed by atoms with Crippen LogP contribution in [-0.2, 0) is 9.47 Å². The molecule has 1 aliphatic rings. The highest BCUT2D eigenvalue weighted by molar-refractivity contribution is 5.91. The van der Waals surface area contributed by atoms with E-state index in [2.05, 4.69) is 10.3 Å². The Balaban J connectivity index is 2.07. The molecular formula is C15H23N3O4. The minimum Gasteiger partial charge on any atom is -0.487 e. The maximum atomic E-state index is 12.5. The molecule has 1 aromatic rings. The van der Waals surface area contributed by atoms with Crippen molar-refractivity contribution >= 4 is 11.7 Å². The molecule has 1 atom stereocenters. The van der Waals surface area contributed by atoms with Gasteiger partial charge in [0.2, 0.25) is 0 Å². The van der Waals surface area contributed by atoms with Gasteiger partial charge in [-0.3, -0.25) is 4.98 Å². The number of hydrogen-bond donors (Lipinski definition) is 1. The van der Waals surface area contributed by atoms with Crippen molar-refractivity contribution in [1.82, 2.24) is 9.88 Å². The van der Waals surface area contributed by atoms with Crippen LogP contribution in [0.15, 0.2) is 18.5 Å². The maximum absolute atomic E-state index is 12.5. The molecule has 0 spiro atoms. The lowest BCUT2D eigenvalue weighted by Gasteiger charge is -2.35. The Bertz CT molecular complexity index is 493. The van der Waals surface area contributed by atoms with Gasteiger partial charge < -0.3 is 24.4 Å². The Labute approximate surface area is 130 Å². The number of aromatic nitrogens is 1. The van der Waals surface area contributed by atoms with Gasteiger partial charge in [0.25, 0.3) is 0 Å². The van der Waals surface area contributed by atoms with E-state index in [9.17, 15) is 4.79 Å². The van der Waals surface area contributed by atoms with Gasteiger partial charge in [0.05, 0.1) is 43.9 Å². The van der Waals surface area contributed by atoms with E-state index in [4.69, 9.17) is 14.2 Å². The van der Waals surface area contributed by atoms with Gasteiger partial charge in [-0.1, -0.05) is 0 Å². The summed E-state index contributed by atoms with van der Waals surface area (Å²) in [6.07, 6.45) is 3.22. The Kier molecular flexibility index (Phi) is 5.97. The Morgan fingerprint density at radius 2 is 2.41 bits per heavy atom. The van der Waals surface area contributed by atoms with Crippen LogP contribution in [0.4, 0.5) is 10.5 Å². The normalized spacial score (nSPS) is 18.4. The van der Waals surface area contributed by atoms with Gasteiger partial charge in [-0.25, -0.2) is 4.79 Å². The molecule has 0 saturated carbocycles. The highest BCUT2D eigenvalue weighted by Crippen LogP contribution is 2.24. The maximum Gasteiger partial charge on any atom is 0.322 e. The van der Waals surface area contributed by atoms with Gasteiger partial charge in [-0.05, 0) is 19.9 Å². The lowest BCUT2D eigenvalue weighted by Crippen LogP contribution is -2.52. The summed E-state index contributed by atoms with van der Waals surface area (Å²) in [4.78, 5) is 18.3. The number of nitrogens with one attached hydrogen (secondary N) is 1. The molecule has 22 heavy (non-hydrogen) atoms. The first-order chi connectivity index (χ1) is 10.6. The van der Waals surface area contributed by atoms with Crippen LogP contribution in [0.3, 0.4) is 0 Å². The quantitative estimate of drug-likeness (QED) is 0.897. The molecule has 2 amide bonds. The van der Waals surface area contributed by atoms with E-state index < -0.39 is 0 Å². The van der Waals surface area contributed by atoms with Gasteiger partial charge in [0.15, 0.2) is 5.75 Å². The third-order valence-electron chi connectivity index (χ3n) is 3.24. The molecular weight excluding hydrogens is 286 g/mol. The molecule has 122 valence electrons. The fraction of sp³-hybridized carbons (Fsp3) is 0.600. The average Bonchev–Trinajstić information content (AvgIpc) is 2.49. The van der Waals surface area contributed by atoms with E-state index in [0.717, 1.165) is 0 Å². The predicted molar refractivity (Wildman–Crippen MR) is 82.2 cm³/mol. The van der Waals surface area contributed by atoms with Crippen molar-refractivity contribution in [1.29, 1.82) is 0 Å². The van der Waals surface area contributed by atoms with Crippen molar-refractivity contribution in [2.45, 2.75) is 26.0 Å². The van der Waals surface area contributed by atoms with Gasteiger partial charge >= 0.3 is 6.03 Å². The van der Waals surface area contributed by atoms with Crippen LogP contribution in [0.5, 0.6) is 5.75 Å². The first-order valence-electron chi connectivity index (χ1n) is 7.36. The number of hydrogen-bond acceptors (Lipinski definition) is 5. The third-order valence-corrected chi connectivity index (χ3v) is 3.24. The van der Waals surface area contributed by atoms with Gasteiger partial charge in [-0.2, -0.15) is 0 Å². The van der Waals surface area contributed by atoms with E-state index >= 15 is 0 Å². The SMILES string of the molecule is COCC1COCCN1C(=O)Nc1ccncc1OC(C)C. The second kappa shape index (κ2) is 7.95. The molecule has 2 rings (SSSR count). The summed E-state index contributed by atoms with van der Waals surface area (Å²) in [5.41, 5.74) is 0.608. The van der Waals surface area contributed by atoms with Crippen molar-refractivity contribution in [3.05, 3.63) is 18.5 Å². The summed E-state index contributed by atoms with van der Waals surface area (Å²) in [5, 5.41) is 2.88. The number of morpholine rings is 1. The smallest absolute Gasteiger partial charge is 0.322 e. The molecule has 1 unspecified atom stereocenters. The van der Waals surface area contributed by atoms with Crippen LogP contribution >= 0.6 is 0 Å². The summed E-state index contributed by atoms with van der Waals surface area (Å²) < 4.78 is 16.2. The zero-order chi connectivity index (χ0) is 15.9. The molecule has 7 nitrogen and oxygen atoms in total. The minimum atomic E-state index is -0.190. The summed E-state index contributed by atoms with van der Waals surface area (Å²) in [6.45, 7) is 5.83.